The van der Waals surface area contributed by atoms with Crippen molar-refractivity contribution in [2.45, 2.75) is 0 Å². The molecule has 6 heteroatoms. The van der Waals surface area contributed by atoms with Gasteiger partial charge >= 0.3 is 12.1 Å². The van der Waals surface area contributed by atoms with Crippen LogP contribution in [0.5, 0.6) is 0 Å². The lowest BCUT2D eigenvalue weighted by molar-refractivity contribution is -0.131. The minimum atomic E-state index is -1.23. The van der Waals surface area contributed by atoms with Crippen molar-refractivity contribution in [3.8, 4) is 0 Å². The van der Waals surface area contributed by atoms with Gasteiger partial charge in [-0.05, 0) is 0 Å². The Kier molecular flexibility index (Phi) is 3.36. The third kappa shape index (κ3) is 6.03. The summed E-state index contributed by atoms with van der Waals surface area (Å²) in [5.74, 6) is -1.84. The van der Waals surface area contributed by atoms with Crippen molar-refractivity contribution in [1.29, 1.82) is 0 Å². The molecule has 0 aliphatic rings. The Morgan fingerprint density at radius 1 is 1.09 bits per heavy atom. The highest BCUT2D eigenvalue weighted by Gasteiger charge is 2.00. The van der Waals surface area contributed by atoms with E-state index in [9.17, 15) is 14.4 Å². The zero-order valence-electron chi connectivity index (χ0n) is 5.44. The number of ether oxygens (including phenoxy) is 1. The van der Waals surface area contributed by atoms with E-state index in [0.29, 0.717) is 6.08 Å². The molecule has 0 aromatic rings. The van der Waals surface area contributed by atoms with E-state index < -0.39 is 18.0 Å². The summed E-state index contributed by atoms with van der Waals surface area (Å²) < 4.78 is 3.81. The lowest BCUT2D eigenvalue weighted by atomic mass is 10.5. The largest absolute Gasteiger partial charge is 0.412 e. The summed E-state index contributed by atoms with van der Waals surface area (Å²) in [7, 11) is 0. The highest BCUT2D eigenvalue weighted by molar-refractivity contribution is 5.96. The second-order valence-electron chi connectivity index (χ2n) is 1.48. The van der Waals surface area contributed by atoms with Gasteiger partial charge in [0.2, 0.25) is 5.91 Å². The van der Waals surface area contributed by atoms with Crippen LogP contribution in [0, 0.1) is 0 Å². The average molecular weight is 158 g/mol. The molecule has 0 heterocycles. The molecule has 0 unspecified atom stereocenters. The van der Waals surface area contributed by atoms with Crippen molar-refractivity contribution in [2.75, 3.05) is 0 Å². The first-order valence-electron chi connectivity index (χ1n) is 2.51. The summed E-state index contributed by atoms with van der Waals surface area (Å²) in [6.45, 7) is 0. The van der Waals surface area contributed by atoms with Gasteiger partial charge in [-0.3, -0.25) is 4.79 Å². The zero-order valence-corrected chi connectivity index (χ0v) is 5.44. The monoisotopic (exact) mass is 158 g/mol. The zero-order chi connectivity index (χ0) is 8.85. The predicted octanol–water partition coefficient (Wildman–Crippen LogP) is -1.35. The molecule has 0 saturated carbocycles. The van der Waals surface area contributed by atoms with Gasteiger partial charge in [0.1, 0.15) is 0 Å². The van der Waals surface area contributed by atoms with Crippen LogP contribution >= 0.6 is 0 Å². The van der Waals surface area contributed by atoms with E-state index in [1.165, 1.54) is 0 Å². The Labute approximate surface area is 61.8 Å². The molecule has 6 nitrogen and oxygen atoms in total. The molecule has 0 radical (unpaired) electrons. The number of hydrogen-bond acceptors (Lipinski definition) is 4. The van der Waals surface area contributed by atoms with Crippen molar-refractivity contribution in [3.63, 3.8) is 0 Å². The minimum absolute atomic E-state index is 0.701. The fraction of sp³-hybridized carbons (Fsp3) is 0. The Balaban J connectivity index is 3.88. The van der Waals surface area contributed by atoms with Gasteiger partial charge < -0.3 is 16.2 Å². The van der Waals surface area contributed by atoms with Crippen molar-refractivity contribution in [3.05, 3.63) is 12.2 Å². The number of carbonyl (C=O) groups excluding carboxylic acids is 3. The highest BCUT2D eigenvalue weighted by atomic mass is 16.6. The summed E-state index contributed by atoms with van der Waals surface area (Å²) in [5, 5.41) is 0. The molecule has 0 fully saturated rings. The molecule has 0 rings (SSSR count). The summed E-state index contributed by atoms with van der Waals surface area (Å²) in [6.07, 6.45) is 0.224. The van der Waals surface area contributed by atoms with E-state index in [0.717, 1.165) is 6.08 Å². The number of esters is 1. The number of nitrogens with two attached hydrogens (primary N) is 2. The van der Waals surface area contributed by atoms with Crippen LogP contribution in [-0.2, 0) is 14.3 Å². The van der Waals surface area contributed by atoms with Gasteiger partial charge in [-0.1, -0.05) is 0 Å². The van der Waals surface area contributed by atoms with Crippen molar-refractivity contribution >= 4 is 18.0 Å². The molecule has 0 spiro atoms. The van der Waals surface area contributed by atoms with Crippen LogP contribution in [0.2, 0.25) is 0 Å². The lowest BCUT2D eigenvalue weighted by Gasteiger charge is -1.90. The second kappa shape index (κ2) is 4.04. The van der Waals surface area contributed by atoms with Crippen LogP contribution in [0.4, 0.5) is 4.79 Å². The SMILES string of the molecule is NC(=O)/C=C\C(=O)OC(N)=O. The van der Waals surface area contributed by atoms with E-state index in [2.05, 4.69) is 16.2 Å². The number of carbonyl (C=O) groups is 3. The summed E-state index contributed by atoms with van der Waals surface area (Å²) in [4.78, 5) is 30.2. The molecule has 11 heavy (non-hydrogen) atoms. The lowest BCUT2D eigenvalue weighted by Crippen LogP contribution is -2.17. The molecule has 2 amide bonds. The molecule has 0 aromatic carbocycles. The first-order chi connectivity index (χ1) is 5.02. The highest BCUT2D eigenvalue weighted by Crippen LogP contribution is 1.79. The van der Waals surface area contributed by atoms with Gasteiger partial charge in [-0.15, -0.1) is 0 Å². The van der Waals surface area contributed by atoms with E-state index in [4.69, 9.17) is 0 Å². The fourth-order valence-corrected chi connectivity index (χ4v) is 0.283. The number of amides is 2. The topological polar surface area (TPSA) is 112 Å². The average Bonchev–Trinajstić information content (AvgIpc) is 1.82. The Morgan fingerprint density at radius 2 is 1.64 bits per heavy atom. The molecule has 0 aliphatic carbocycles. The Hall–Kier alpha value is -1.85. The third-order valence-corrected chi connectivity index (χ3v) is 0.585. The summed E-state index contributed by atoms with van der Waals surface area (Å²) in [6, 6.07) is 0. The first-order valence-corrected chi connectivity index (χ1v) is 2.51. The standard InChI is InChI=1S/C5H6N2O4/c6-3(8)1-2-4(9)11-5(7)10/h1-2H,(H2,6,8)(H2,7,10)/b2-1-. The molecule has 4 N–H and O–H groups in total. The van der Waals surface area contributed by atoms with E-state index >= 15 is 0 Å². The van der Waals surface area contributed by atoms with Crippen LogP contribution < -0.4 is 11.5 Å². The van der Waals surface area contributed by atoms with E-state index in [1.807, 2.05) is 0 Å². The first kappa shape index (κ1) is 9.15. The van der Waals surface area contributed by atoms with Crippen molar-refractivity contribution in [1.82, 2.24) is 0 Å². The van der Waals surface area contributed by atoms with E-state index in [-0.39, 0.29) is 0 Å². The van der Waals surface area contributed by atoms with Gasteiger partial charge in [0.25, 0.3) is 0 Å². The Morgan fingerprint density at radius 3 is 2.00 bits per heavy atom. The molecule has 0 aliphatic heterocycles. The molecular formula is C5H6N2O4. The number of rotatable bonds is 2. The van der Waals surface area contributed by atoms with Gasteiger partial charge in [-0.25, -0.2) is 9.59 Å². The number of hydrogen-bond donors (Lipinski definition) is 2. The summed E-state index contributed by atoms with van der Waals surface area (Å²) >= 11 is 0. The van der Waals surface area contributed by atoms with Gasteiger partial charge in [0.15, 0.2) is 0 Å². The smallest absolute Gasteiger partial charge is 0.373 e. The summed E-state index contributed by atoms with van der Waals surface area (Å²) in [5.41, 5.74) is 9.09. The molecule has 0 bridgehead atoms. The quantitative estimate of drug-likeness (QED) is 0.294. The fourth-order valence-electron chi connectivity index (χ4n) is 0.283. The minimum Gasteiger partial charge on any atom is -0.373 e. The maximum absolute atomic E-state index is 10.3. The molecule has 60 valence electrons. The van der Waals surface area contributed by atoms with Crippen LogP contribution in [0.25, 0.3) is 0 Å². The normalized spacial score (nSPS) is 9.45. The van der Waals surface area contributed by atoms with Gasteiger partial charge in [0.05, 0.1) is 0 Å². The van der Waals surface area contributed by atoms with Gasteiger partial charge in [0, 0.05) is 12.2 Å². The van der Waals surface area contributed by atoms with E-state index in [1.54, 1.807) is 0 Å². The van der Waals surface area contributed by atoms with Crippen LogP contribution in [0.1, 0.15) is 0 Å². The molecule has 0 saturated heterocycles. The van der Waals surface area contributed by atoms with Crippen LogP contribution in [0.3, 0.4) is 0 Å². The van der Waals surface area contributed by atoms with Crippen molar-refractivity contribution < 1.29 is 19.1 Å². The maximum atomic E-state index is 10.3. The maximum Gasteiger partial charge on any atom is 0.412 e. The molecule has 0 atom stereocenters. The van der Waals surface area contributed by atoms with Gasteiger partial charge in [-0.2, -0.15) is 0 Å². The van der Waals surface area contributed by atoms with Crippen LogP contribution in [0.15, 0.2) is 12.2 Å². The van der Waals surface area contributed by atoms with Crippen molar-refractivity contribution in [2.24, 2.45) is 11.5 Å². The Bertz CT molecular complexity index is 221. The molecule has 0 aromatic heterocycles. The third-order valence-electron chi connectivity index (χ3n) is 0.585. The van der Waals surface area contributed by atoms with Crippen LogP contribution in [-0.4, -0.2) is 18.0 Å². The molecular weight excluding hydrogens is 152 g/mol. The second-order valence-corrected chi connectivity index (χ2v) is 1.48. The predicted molar refractivity (Wildman–Crippen MR) is 34.0 cm³/mol. The number of primary amides is 2.